The van der Waals surface area contributed by atoms with Gasteiger partial charge in [-0.2, -0.15) is 0 Å². The Balaban J connectivity index is 1.41. The van der Waals surface area contributed by atoms with Gasteiger partial charge in [-0.1, -0.05) is 81.8 Å². The average Bonchev–Trinajstić information content (AvgIpc) is 2.98. The number of para-hydroxylation sites is 1. The van der Waals surface area contributed by atoms with Crippen LogP contribution in [0.4, 0.5) is 5.69 Å². The summed E-state index contributed by atoms with van der Waals surface area (Å²) in [6.45, 7) is 8.92. The number of ether oxygens (including phenoxy) is 1. The number of ketones is 2. The summed E-state index contributed by atoms with van der Waals surface area (Å²) in [6, 6.07) is 21.1. The second-order valence-electron chi connectivity index (χ2n) is 14.2. The lowest BCUT2D eigenvalue weighted by molar-refractivity contribution is -0.120. The fraction of sp³-hybridized carbons (Fsp3) is 0.342. The highest BCUT2D eigenvalue weighted by Crippen LogP contribution is 2.55. The fourth-order valence-electron chi connectivity index (χ4n) is 7.11. The summed E-state index contributed by atoms with van der Waals surface area (Å²) in [5.41, 5.74) is 5.44. The number of hydrogen-bond acceptors (Lipinski definition) is 5. The lowest BCUT2D eigenvalue weighted by atomic mass is 9.63. The van der Waals surface area contributed by atoms with Crippen molar-refractivity contribution in [3.63, 3.8) is 0 Å². The van der Waals surface area contributed by atoms with Gasteiger partial charge in [-0.05, 0) is 90.9 Å². The molecule has 0 saturated carbocycles. The van der Waals surface area contributed by atoms with Crippen molar-refractivity contribution in [3.8, 4) is 5.75 Å². The summed E-state index contributed by atoms with van der Waals surface area (Å²) in [5, 5.41) is 3.21. The number of halogens is 3. The summed E-state index contributed by atoms with van der Waals surface area (Å²) in [6.07, 6.45) is 2.28. The van der Waals surface area contributed by atoms with Crippen LogP contribution in [0.1, 0.15) is 70.4 Å². The van der Waals surface area contributed by atoms with E-state index in [-0.39, 0.29) is 34.9 Å². The van der Waals surface area contributed by atoms with Gasteiger partial charge >= 0.3 is 0 Å². The number of benzene rings is 3. The minimum absolute atomic E-state index is 0.0762. The molecule has 0 aromatic heterocycles. The van der Waals surface area contributed by atoms with E-state index in [1.807, 2.05) is 30.3 Å². The molecule has 0 fully saturated rings. The summed E-state index contributed by atoms with van der Waals surface area (Å²) in [7, 11) is 0. The zero-order valence-corrected chi connectivity index (χ0v) is 30.8. The van der Waals surface area contributed by atoms with Gasteiger partial charge in [-0.3, -0.25) is 14.4 Å². The Morgan fingerprint density at radius 3 is 1.94 bits per heavy atom. The van der Waals surface area contributed by atoms with Gasteiger partial charge in [0.25, 0.3) is 5.91 Å². The number of carbonyl (C=O) groups is 3. The van der Waals surface area contributed by atoms with Gasteiger partial charge < -0.3 is 15.0 Å². The van der Waals surface area contributed by atoms with E-state index in [4.69, 9.17) is 16.3 Å². The van der Waals surface area contributed by atoms with E-state index in [9.17, 15) is 14.4 Å². The number of carbonyl (C=O) groups excluding carboxylic acids is 3. The van der Waals surface area contributed by atoms with Crippen LogP contribution in [-0.2, 0) is 20.9 Å². The number of Topliss-reactive ketones (excluding diaryl/α,β-unsaturated/α-hetero) is 2. The topological polar surface area (TPSA) is 75.7 Å². The van der Waals surface area contributed by atoms with Crippen LogP contribution in [-0.4, -0.2) is 29.0 Å². The van der Waals surface area contributed by atoms with Gasteiger partial charge in [0, 0.05) is 47.8 Å². The number of allylic oxidation sites excluding steroid dienone is 4. The maximum absolute atomic E-state index is 14.2. The Morgan fingerprint density at radius 1 is 0.851 bits per heavy atom. The molecular formula is C38H37Br2ClN2O4. The van der Waals surface area contributed by atoms with Gasteiger partial charge in [0.05, 0.1) is 19.7 Å². The molecule has 1 aliphatic heterocycles. The largest absolute Gasteiger partial charge is 0.481 e. The first-order valence-corrected chi connectivity index (χ1v) is 17.7. The molecule has 0 bridgehead atoms. The SMILES string of the molecule is CC1(C)CC(=O)C2=C(C1)N(Cc1ccccc1)C1=C(C(=O)CC(C)(C)C1)C2c1cc(Br)c(OCC(=O)Nc2ccccc2Cl)c(Br)c1. The minimum Gasteiger partial charge on any atom is -0.481 e. The summed E-state index contributed by atoms with van der Waals surface area (Å²) >= 11 is 13.5. The molecule has 1 heterocycles. The Labute approximate surface area is 297 Å². The molecule has 0 saturated heterocycles. The van der Waals surface area contributed by atoms with E-state index in [1.165, 1.54) is 0 Å². The highest BCUT2D eigenvalue weighted by Gasteiger charge is 2.49. The van der Waals surface area contributed by atoms with Crippen molar-refractivity contribution in [3.05, 3.63) is 114 Å². The van der Waals surface area contributed by atoms with E-state index in [0.29, 0.717) is 55.9 Å². The van der Waals surface area contributed by atoms with Crippen LogP contribution < -0.4 is 10.1 Å². The van der Waals surface area contributed by atoms with Crippen LogP contribution >= 0.6 is 43.5 Å². The van der Waals surface area contributed by atoms with Crippen molar-refractivity contribution < 1.29 is 19.1 Å². The van der Waals surface area contributed by atoms with Crippen LogP contribution in [0, 0.1) is 10.8 Å². The van der Waals surface area contributed by atoms with Gasteiger partial charge in [0.15, 0.2) is 18.2 Å². The monoisotopic (exact) mass is 778 g/mol. The van der Waals surface area contributed by atoms with E-state index in [2.05, 4.69) is 81.9 Å². The highest BCUT2D eigenvalue weighted by atomic mass is 79.9. The predicted octanol–water partition coefficient (Wildman–Crippen LogP) is 9.77. The van der Waals surface area contributed by atoms with Crippen LogP contribution in [0.5, 0.6) is 5.75 Å². The first-order chi connectivity index (χ1) is 22.2. The lowest BCUT2D eigenvalue weighted by Gasteiger charge is -2.49. The zero-order valence-electron chi connectivity index (χ0n) is 26.9. The molecule has 47 heavy (non-hydrogen) atoms. The summed E-state index contributed by atoms with van der Waals surface area (Å²) < 4.78 is 7.18. The third-order valence-corrected chi connectivity index (χ3v) is 10.6. The van der Waals surface area contributed by atoms with E-state index >= 15 is 0 Å². The van der Waals surface area contributed by atoms with Gasteiger partial charge in [-0.15, -0.1) is 0 Å². The lowest BCUT2D eigenvalue weighted by Crippen LogP contribution is -2.44. The van der Waals surface area contributed by atoms with Crippen molar-refractivity contribution in [1.82, 2.24) is 4.90 Å². The molecule has 0 spiro atoms. The van der Waals surface area contributed by atoms with Crippen LogP contribution in [0.15, 0.2) is 98.2 Å². The minimum atomic E-state index is -0.510. The number of rotatable bonds is 7. The standard InChI is InChI=1S/C38H37Br2ClN2O4/c1-37(2)16-28-34(30(44)18-37)33(35-29(17-38(3,4)19-31(35)45)43(28)20-22-10-6-5-7-11-22)23-14-24(39)36(25(40)15-23)47-21-32(46)42-27-13-9-8-12-26(27)41/h5-15,33H,16-21H2,1-4H3,(H,42,46). The average molecular weight is 781 g/mol. The Bertz CT molecular complexity index is 1770. The molecule has 6 nitrogen and oxygen atoms in total. The molecular weight excluding hydrogens is 744 g/mol. The van der Waals surface area contributed by atoms with Crippen molar-refractivity contribution in [2.24, 2.45) is 10.8 Å². The maximum atomic E-state index is 14.2. The number of anilines is 1. The second kappa shape index (κ2) is 13.0. The number of nitrogens with zero attached hydrogens (tertiary/aromatic N) is 1. The molecule has 3 aromatic rings. The number of nitrogens with one attached hydrogen (secondary N) is 1. The molecule has 1 N–H and O–H groups in total. The first kappa shape index (κ1) is 33.7. The quantitative estimate of drug-likeness (QED) is 0.259. The Morgan fingerprint density at radius 2 is 1.38 bits per heavy atom. The molecule has 0 radical (unpaired) electrons. The fourth-order valence-corrected chi connectivity index (χ4v) is 8.74. The molecule has 3 aliphatic rings. The van der Waals surface area contributed by atoms with Gasteiger partial charge in [0.1, 0.15) is 5.75 Å². The number of hydrogen-bond donors (Lipinski definition) is 1. The second-order valence-corrected chi connectivity index (χ2v) is 16.4. The van der Waals surface area contributed by atoms with Gasteiger partial charge in [-0.25, -0.2) is 0 Å². The molecule has 2 aliphatic carbocycles. The Hall–Kier alpha value is -3.20. The van der Waals surface area contributed by atoms with Crippen molar-refractivity contribution in [1.29, 1.82) is 0 Å². The molecule has 6 rings (SSSR count). The molecule has 244 valence electrons. The van der Waals surface area contributed by atoms with E-state index in [1.54, 1.807) is 24.3 Å². The molecule has 1 amide bonds. The molecule has 0 atom stereocenters. The normalized spacial score (nSPS) is 19.0. The van der Waals surface area contributed by atoms with Crippen molar-refractivity contribution >= 4 is 66.6 Å². The van der Waals surface area contributed by atoms with Gasteiger partial charge in [0.2, 0.25) is 0 Å². The van der Waals surface area contributed by atoms with Crippen molar-refractivity contribution in [2.45, 2.75) is 65.8 Å². The molecule has 9 heteroatoms. The van der Waals surface area contributed by atoms with E-state index < -0.39 is 5.92 Å². The smallest absolute Gasteiger partial charge is 0.262 e. The van der Waals surface area contributed by atoms with Crippen LogP contribution in [0.25, 0.3) is 0 Å². The zero-order chi connectivity index (χ0) is 33.7. The Kier molecular flexibility index (Phi) is 9.33. The number of amides is 1. The molecule has 0 unspecified atom stereocenters. The summed E-state index contributed by atoms with van der Waals surface area (Å²) in [5.74, 6) is -0.272. The van der Waals surface area contributed by atoms with E-state index in [0.717, 1.165) is 35.4 Å². The maximum Gasteiger partial charge on any atom is 0.262 e. The van der Waals surface area contributed by atoms with Crippen LogP contribution in [0.2, 0.25) is 5.02 Å². The summed E-state index contributed by atoms with van der Waals surface area (Å²) in [4.78, 5) is 43.4. The first-order valence-electron chi connectivity index (χ1n) is 15.7. The highest BCUT2D eigenvalue weighted by molar-refractivity contribution is 9.11. The molecule has 3 aromatic carbocycles. The predicted molar refractivity (Wildman–Crippen MR) is 192 cm³/mol. The third kappa shape index (κ3) is 7.01. The van der Waals surface area contributed by atoms with Crippen LogP contribution in [0.3, 0.4) is 0 Å². The van der Waals surface area contributed by atoms with Crippen molar-refractivity contribution in [2.75, 3.05) is 11.9 Å². The third-order valence-electron chi connectivity index (χ3n) is 9.05.